The van der Waals surface area contributed by atoms with Gasteiger partial charge >= 0.3 is 20.3 Å². The predicted molar refractivity (Wildman–Crippen MR) is 77.7 cm³/mol. The fourth-order valence-corrected chi connectivity index (χ4v) is 1.32. The molecule has 0 saturated heterocycles. The highest BCUT2D eigenvalue weighted by molar-refractivity contribution is 7.32. The molecule has 1 aromatic carbocycles. The molecule has 0 aromatic heterocycles. The van der Waals surface area contributed by atoms with Crippen LogP contribution in [0.1, 0.15) is 32.3 Å². The van der Waals surface area contributed by atoms with E-state index in [2.05, 4.69) is 18.4 Å². The second-order valence-electron chi connectivity index (χ2n) is 4.20. The fraction of sp³-hybridized carbons (Fsp3) is 0.462. The molecule has 0 spiro atoms. The van der Waals surface area contributed by atoms with Crippen LogP contribution in [0.15, 0.2) is 24.3 Å². The minimum Gasteiger partial charge on any atom is -0.326 e. The van der Waals surface area contributed by atoms with Gasteiger partial charge in [-0.15, -0.1) is 0 Å². The lowest BCUT2D eigenvalue weighted by molar-refractivity contribution is -0.167. The minimum absolute atomic E-state index is 0.0299. The smallest absolute Gasteiger partial charge is 0.326 e. The lowest BCUT2D eigenvalue weighted by Crippen LogP contribution is -2.29. The first-order chi connectivity index (χ1) is 10.2. The highest BCUT2D eigenvalue weighted by Gasteiger charge is 2.38. The Hall–Kier alpha value is -1.37. The van der Waals surface area contributed by atoms with Crippen LogP contribution in [0.4, 0.5) is 18.9 Å². The number of alkyl halides is 3. The van der Waals surface area contributed by atoms with E-state index in [4.69, 9.17) is 4.89 Å². The summed E-state index contributed by atoms with van der Waals surface area (Å²) in [4.78, 5) is 19.0. The number of hydrogen-bond acceptors (Lipinski definition) is 3. The molecule has 0 radical (unpaired) electrons. The topological polar surface area (TPSA) is 75.6 Å². The van der Waals surface area contributed by atoms with E-state index in [0.717, 1.165) is 0 Å². The van der Waals surface area contributed by atoms with Crippen molar-refractivity contribution in [3.05, 3.63) is 29.8 Å². The molecule has 9 heteroatoms. The number of nitrogens with one attached hydrogen (secondary N) is 1. The van der Waals surface area contributed by atoms with E-state index in [1.54, 1.807) is 5.32 Å². The molecule has 1 atom stereocenters. The molecule has 0 aliphatic heterocycles. The van der Waals surface area contributed by atoms with Crippen LogP contribution >= 0.6 is 8.25 Å². The van der Waals surface area contributed by atoms with Gasteiger partial charge in [0.15, 0.2) is 0 Å². The lowest BCUT2D eigenvalue weighted by Gasteiger charge is -2.08. The zero-order chi connectivity index (χ0) is 17.2. The largest absolute Gasteiger partial charge is 0.471 e. The quantitative estimate of drug-likeness (QED) is 0.797. The number of carbonyl (C=O) groups is 1. The standard InChI is InChI=1S/C9H9F3NO4P.C4H10/c10-9(11,12)8(14)13-7-3-1-6(2-4-7)5-17-18(15)16;1-3-4-2/h1-4,18H,5H2,(H,13,14)(H,15,16);3-4H2,1-2H3. The van der Waals surface area contributed by atoms with Gasteiger partial charge in [0.05, 0.1) is 6.61 Å². The van der Waals surface area contributed by atoms with Crippen LogP contribution in [0.5, 0.6) is 0 Å². The highest BCUT2D eigenvalue weighted by atomic mass is 31.1. The third-order valence-corrected chi connectivity index (χ3v) is 2.72. The molecule has 0 fully saturated rings. The summed E-state index contributed by atoms with van der Waals surface area (Å²) in [5.74, 6) is -2.06. The monoisotopic (exact) mass is 341 g/mol. The van der Waals surface area contributed by atoms with E-state index in [0.29, 0.717) is 5.56 Å². The number of hydrogen-bond donors (Lipinski definition) is 2. The fourth-order valence-electron chi connectivity index (χ4n) is 1.03. The third kappa shape index (κ3) is 9.55. The Kier molecular flexibility index (Phi) is 9.73. The molecule has 1 unspecified atom stereocenters. The number of benzene rings is 1. The number of unbranched alkanes of at least 4 members (excludes halogenated alkanes) is 1. The molecule has 0 saturated carbocycles. The molecule has 0 aliphatic rings. The Morgan fingerprint density at radius 3 is 2.09 bits per heavy atom. The van der Waals surface area contributed by atoms with Crippen LogP contribution in [0, 0.1) is 0 Å². The van der Waals surface area contributed by atoms with Crippen molar-refractivity contribution in [1.82, 2.24) is 0 Å². The van der Waals surface area contributed by atoms with Crippen molar-refractivity contribution in [2.75, 3.05) is 5.32 Å². The van der Waals surface area contributed by atoms with Crippen LogP contribution < -0.4 is 5.32 Å². The van der Waals surface area contributed by atoms with Gasteiger partial charge in [-0.2, -0.15) is 13.2 Å². The summed E-state index contributed by atoms with van der Waals surface area (Å²) in [6.45, 7) is 4.22. The summed E-state index contributed by atoms with van der Waals surface area (Å²) in [7, 11) is -3.05. The molecule has 1 rings (SSSR count). The van der Waals surface area contributed by atoms with Crippen LogP contribution in [0.2, 0.25) is 0 Å². The third-order valence-electron chi connectivity index (χ3n) is 2.33. The average Bonchev–Trinajstić information content (AvgIpc) is 2.45. The first-order valence-corrected chi connectivity index (χ1v) is 7.79. The number of halogens is 3. The van der Waals surface area contributed by atoms with Crippen molar-refractivity contribution >= 4 is 19.8 Å². The van der Waals surface area contributed by atoms with Gasteiger partial charge in [0.1, 0.15) is 0 Å². The van der Waals surface area contributed by atoms with Gasteiger partial charge in [0, 0.05) is 5.69 Å². The van der Waals surface area contributed by atoms with Crippen LogP contribution in [0.3, 0.4) is 0 Å². The normalized spacial score (nSPS) is 12.1. The van der Waals surface area contributed by atoms with Crippen LogP contribution in [-0.2, 0) is 20.5 Å². The van der Waals surface area contributed by atoms with Gasteiger partial charge in [-0.05, 0) is 17.7 Å². The Bertz CT molecular complexity index is 475. The van der Waals surface area contributed by atoms with Crippen molar-refractivity contribution in [3.8, 4) is 0 Å². The van der Waals surface area contributed by atoms with E-state index >= 15 is 0 Å². The summed E-state index contributed by atoms with van der Waals surface area (Å²) in [6, 6.07) is 5.21. The van der Waals surface area contributed by atoms with E-state index in [1.165, 1.54) is 37.1 Å². The zero-order valence-corrected chi connectivity index (χ0v) is 13.2. The molecule has 22 heavy (non-hydrogen) atoms. The summed E-state index contributed by atoms with van der Waals surface area (Å²) in [6.07, 6.45) is -2.31. The first kappa shape index (κ1) is 20.6. The molecule has 126 valence electrons. The van der Waals surface area contributed by atoms with Crippen LogP contribution in [0.25, 0.3) is 0 Å². The number of rotatable bonds is 5. The maximum Gasteiger partial charge on any atom is 0.471 e. The maximum absolute atomic E-state index is 11.9. The first-order valence-electron chi connectivity index (χ1n) is 6.53. The highest BCUT2D eigenvalue weighted by Crippen LogP contribution is 2.20. The Balaban J connectivity index is 0.000000980. The molecule has 0 bridgehead atoms. The Morgan fingerprint density at radius 1 is 1.23 bits per heavy atom. The van der Waals surface area contributed by atoms with Gasteiger partial charge in [0.2, 0.25) is 0 Å². The number of carbonyl (C=O) groups excluding carboxylic acids is 1. The maximum atomic E-state index is 11.9. The summed E-state index contributed by atoms with van der Waals surface area (Å²) < 4.78 is 50.5. The molecular formula is C13H19F3NO4P. The minimum atomic E-state index is -4.95. The Morgan fingerprint density at radius 2 is 1.73 bits per heavy atom. The van der Waals surface area contributed by atoms with Crippen LogP contribution in [-0.4, -0.2) is 17.0 Å². The summed E-state index contributed by atoms with van der Waals surface area (Å²) >= 11 is 0. The Labute approximate surface area is 127 Å². The van der Waals surface area contributed by atoms with Crippen molar-refractivity contribution in [2.24, 2.45) is 0 Å². The number of amides is 1. The molecule has 0 heterocycles. The van der Waals surface area contributed by atoms with E-state index in [9.17, 15) is 22.5 Å². The van der Waals surface area contributed by atoms with Gasteiger partial charge < -0.3 is 14.7 Å². The predicted octanol–water partition coefficient (Wildman–Crippen LogP) is 3.89. The molecule has 2 N–H and O–H groups in total. The van der Waals surface area contributed by atoms with Crippen molar-refractivity contribution in [3.63, 3.8) is 0 Å². The van der Waals surface area contributed by atoms with Crippen molar-refractivity contribution < 1.29 is 31.9 Å². The van der Waals surface area contributed by atoms with Crippen molar-refractivity contribution in [1.29, 1.82) is 0 Å². The second kappa shape index (κ2) is 10.4. The number of anilines is 1. The second-order valence-corrected chi connectivity index (χ2v) is 5.02. The van der Waals surface area contributed by atoms with E-state index in [1.807, 2.05) is 0 Å². The van der Waals surface area contributed by atoms with Gasteiger partial charge in [-0.1, -0.05) is 38.8 Å². The van der Waals surface area contributed by atoms with Gasteiger partial charge in [0.25, 0.3) is 0 Å². The summed E-state index contributed by atoms with van der Waals surface area (Å²) in [5, 5.41) is 1.66. The van der Waals surface area contributed by atoms with Gasteiger partial charge in [-0.3, -0.25) is 9.36 Å². The molecule has 1 aromatic rings. The van der Waals surface area contributed by atoms with E-state index < -0.39 is 20.3 Å². The molecule has 0 aliphatic carbocycles. The zero-order valence-electron chi connectivity index (χ0n) is 12.2. The molecule has 1 amide bonds. The molecular weight excluding hydrogens is 322 g/mol. The average molecular weight is 341 g/mol. The van der Waals surface area contributed by atoms with Gasteiger partial charge in [-0.25, -0.2) is 0 Å². The lowest BCUT2D eigenvalue weighted by atomic mass is 10.2. The summed E-state index contributed by atoms with van der Waals surface area (Å²) in [5.41, 5.74) is 0.463. The van der Waals surface area contributed by atoms with E-state index in [-0.39, 0.29) is 12.3 Å². The SMILES string of the molecule is CCCC.O=C(Nc1ccc(CO[PH](=O)O)cc1)C(F)(F)F. The van der Waals surface area contributed by atoms with Crippen molar-refractivity contribution in [2.45, 2.75) is 39.5 Å². The molecule has 5 nitrogen and oxygen atoms in total.